The number of piperazine rings is 1. The molecule has 0 radical (unpaired) electrons. The number of ether oxygens (including phenoxy) is 1. The van der Waals surface area contributed by atoms with Gasteiger partial charge < -0.3 is 29.7 Å². The molecule has 3 aliphatic heterocycles. The van der Waals surface area contributed by atoms with Gasteiger partial charge in [0.05, 0.1) is 17.1 Å². The van der Waals surface area contributed by atoms with E-state index < -0.39 is 11.5 Å². The number of urea groups is 1. The lowest BCUT2D eigenvalue weighted by molar-refractivity contribution is -0.151. The van der Waals surface area contributed by atoms with Crippen LogP contribution in [0.2, 0.25) is 0 Å². The Morgan fingerprint density at radius 1 is 0.850 bits per heavy atom. The van der Waals surface area contributed by atoms with E-state index in [1.807, 2.05) is 84.6 Å². The molecule has 1 aliphatic carbocycles. The van der Waals surface area contributed by atoms with Crippen LogP contribution in [-0.2, 0) is 32.9 Å². The van der Waals surface area contributed by atoms with Crippen LogP contribution in [-0.4, -0.2) is 124 Å². The predicted octanol–water partition coefficient (Wildman–Crippen LogP) is 5.16. The van der Waals surface area contributed by atoms with Crippen LogP contribution in [0.5, 0.6) is 0 Å². The summed E-state index contributed by atoms with van der Waals surface area (Å²) < 4.78 is 7.59. The molecule has 2 N–H and O–H groups in total. The molecule has 4 aliphatic rings. The zero-order valence-electron chi connectivity index (χ0n) is 34.8. The minimum Gasteiger partial charge on any atom is -0.442 e. The number of H-pyrrole nitrogens is 1. The number of hydrogen-bond acceptors (Lipinski definition) is 8. The van der Waals surface area contributed by atoms with Crippen LogP contribution in [0.15, 0.2) is 83.8 Å². The van der Waals surface area contributed by atoms with Gasteiger partial charge in [-0.25, -0.2) is 9.48 Å². The van der Waals surface area contributed by atoms with Crippen molar-refractivity contribution in [3.05, 3.63) is 112 Å². The van der Waals surface area contributed by atoms with E-state index in [4.69, 9.17) is 4.74 Å². The summed E-state index contributed by atoms with van der Waals surface area (Å²) in [5.74, 6) is -0.266. The van der Waals surface area contributed by atoms with Crippen LogP contribution in [0.3, 0.4) is 0 Å². The second-order valence-corrected chi connectivity index (χ2v) is 17.5. The third kappa shape index (κ3) is 8.17. The van der Waals surface area contributed by atoms with Gasteiger partial charge in [-0.05, 0) is 112 Å². The fourth-order valence-corrected chi connectivity index (χ4v) is 9.92. The van der Waals surface area contributed by atoms with Crippen LogP contribution in [0, 0.1) is 6.92 Å². The normalized spacial score (nSPS) is 19.7. The van der Waals surface area contributed by atoms with Gasteiger partial charge in [0.1, 0.15) is 6.04 Å². The van der Waals surface area contributed by atoms with Crippen molar-refractivity contribution in [1.82, 2.24) is 39.7 Å². The highest BCUT2D eigenvalue weighted by Crippen LogP contribution is 2.49. The Morgan fingerprint density at radius 3 is 2.30 bits per heavy atom. The second kappa shape index (κ2) is 16.8. The van der Waals surface area contributed by atoms with E-state index >= 15 is 0 Å². The number of hydrogen-bond donors (Lipinski definition) is 2. The summed E-state index contributed by atoms with van der Waals surface area (Å²) in [5, 5.41) is 9.64. The highest BCUT2D eigenvalue weighted by Gasteiger charge is 2.52. The first-order chi connectivity index (χ1) is 29.1. The van der Waals surface area contributed by atoms with E-state index in [0.29, 0.717) is 51.5 Å². The first-order valence-electron chi connectivity index (χ1n) is 21.7. The standard InChI is InChI=1S/C47H56N8O5/c1-32-26-33(27-36-30-48-55(42(32)36)31-60-45(58)47(16-17-47)37-9-4-3-5-10-37)28-41(44(57)53-24-22-52(23-25-53)38-14-18-51(2)19-15-38)50-46(59)54-20-12-34(13-21-54)39-29-35-8-6-7-11-40(35)49-43(39)56/h3-11,26-27,29-30,34,38,41H,12-25,28,31H2,1-2H3,(H,49,56)(H,50,59)/t41-/m1/s1. The van der Waals surface area contributed by atoms with Crippen molar-refractivity contribution in [2.45, 2.75) is 82.0 Å². The highest BCUT2D eigenvalue weighted by atomic mass is 16.5. The summed E-state index contributed by atoms with van der Waals surface area (Å²) >= 11 is 0. The maximum absolute atomic E-state index is 14.5. The molecular weight excluding hydrogens is 757 g/mol. The second-order valence-electron chi connectivity index (χ2n) is 17.5. The number of likely N-dealkylation sites (tertiary alicyclic amines) is 2. The number of benzene rings is 3. The van der Waals surface area contributed by atoms with Crippen LogP contribution in [0.25, 0.3) is 21.8 Å². The molecule has 1 atom stereocenters. The van der Waals surface area contributed by atoms with Crippen LogP contribution < -0.4 is 10.9 Å². The number of aromatic amines is 1. The number of carbonyl (C=O) groups is 3. The van der Waals surface area contributed by atoms with Crippen LogP contribution in [0.4, 0.5) is 4.79 Å². The third-order valence-corrected chi connectivity index (χ3v) is 13.6. The Balaban J connectivity index is 0.889. The zero-order valence-corrected chi connectivity index (χ0v) is 34.8. The van der Waals surface area contributed by atoms with Crippen molar-refractivity contribution in [3.8, 4) is 0 Å². The van der Waals surface area contributed by atoms with Gasteiger partial charge in [-0.2, -0.15) is 5.10 Å². The lowest BCUT2D eigenvalue weighted by Gasteiger charge is -2.43. The van der Waals surface area contributed by atoms with Crippen molar-refractivity contribution in [2.24, 2.45) is 0 Å². The summed E-state index contributed by atoms with van der Waals surface area (Å²) in [6.07, 6.45) is 7.24. The maximum Gasteiger partial charge on any atom is 0.318 e. The number of aromatic nitrogens is 3. The highest BCUT2D eigenvalue weighted by molar-refractivity contribution is 5.89. The lowest BCUT2D eigenvalue weighted by Crippen LogP contribution is -2.59. The quantitative estimate of drug-likeness (QED) is 0.185. The van der Waals surface area contributed by atoms with Crippen LogP contribution in [0.1, 0.15) is 66.7 Å². The molecule has 5 heterocycles. The molecule has 3 amide bonds. The minimum atomic E-state index is -0.769. The third-order valence-electron chi connectivity index (χ3n) is 13.6. The predicted molar refractivity (Wildman–Crippen MR) is 231 cm³/mol. The number of aryl methyl sites for hydroxylation is 1. The number of pyridine rings is 1. The summed E-state index contributed by atoms with van der Waals surface area (Å²) in [6, 6.07) is 23.2. The van der Waals surface area contributed by atoms with Crippen LogP contribution >= 0.6 is 0 Å². The van der Waals surface area contributed by atoms with E-state index in [9.17, 15) is 19.2 Å². The average Bonchev–Trinajstić information content (AvgIpc) is 3.99. The number of amides is 3. The molecule has 3 aromatic carbocycles. The zero-order chi connectivity index (χ0) is 41.4. The van der Waals surface area contributed by atoms with E-state index in [1.165, 1.54) is 0 Å². The molecule has 60 heavy (non-hydrogen) atoms. The molecule has 4 fully saturated rings. The SMILES string of the molecule is Cc1cc(C[C@@H](NC(=O)N2CCC(c3cc4ccccc4[nH]c3=O)CC2)C(=O)N2CCN(C3CCN(C)CC3)CC2)cc2cnn(COC(=O)C3(c4ccccc4)CC3)c12. The van der Waals surface area contributed by atoms with E-state index in [1.54, 1.807) is 15.8 Å². The van der Waals surface area contributed by atoms with E-state index in [-0.39, 0.29) is 36.1 Å². The maximum atomic E-state index is 14.5. The first kappa shape index (κ1) is 39.9. The molecule has 1 saturated carbocycles. The summed E-state index contributed by atoms with van der Waals surface area (Å²) in [7, 11) is 2.17. The van der Waals surface area contributed by atoms with Gasteiger partial charge in [0, 0.05) is 68.2 Å². The number of nitrogens with zero attached hydrogens (tertiary/aromatic N) is 6. The summed E-state index contributed by atoms with van der Waals surface area (Å²) in [6.45, 7) is 8.06. The van der Waals surface area contributed by atoms with Crippen molar-refractivity contribution >= 4 is 39.7 Å². The molecule has 13 nitrogen and oxygen atoms in total. The van der Waals surface area contributed by atoms with Gasteiger partial charge in [0.25, 0.3) is 5.56 Å². The van der Waals surface area contributed by atoms with Gasteiger partial charge in [0.2, 0.25) is 5.91 Å². The molecule has 0 unspecified atom stereocenters. The molecule has 314 valence electrons. The number of fused-ring (bicyclic) bond motifs is 2. The average molecular weight is 813 g/mol. The topological polar surface area (TPSA) is 136 Å². The monoisotopic (exact) mass is 812 g/mol. The lowest BCUT2D eigenvalue weighted by atomic mass is 9.89. The Hall–Kier alpha value is -5.53. The fraction of sp³-hybridized carbons (Fsp3) is 0.468. The van der Waals surface area contributed by atoms with Crippen molar-refractivity contribution in [1.29, 1.82) is 0 Å². The molecule has 0 bridgehead atoms. The van der Waals surface area contributed by atoms with Gasteiger partial charge >= 0.3 is 12.0 Å². The molecular formula is C47H56N8O5. The number of piperidine rings is 2. The molecule has 2 aromatic heterocycles. The Bertz CT molecular complexity index is 2420. The smallest absolute Gasteiger partial charge is 0.318 e. The number of nitrogens with one attached hydrogen (secondary N) is 2. The van der Waals surface area contributed by atoms with Crippen molar-refractivity contribution in [2.75, 3.05) is 59.4 Å². The van der Waals surface area contributed by atoms with Gasteiger partial charge in [-0.1, -0.05) is 54.6 Å². The molecule has 3 saturated heterocycles. The molecule has 0 spiro atoms. The molecule has 9 rings (SSSR count). The Labute approximate surface area is 350 Å². The number of esters is 1. The molecule has 13 heteroatoms. The van der Waals surface area contributed by atoms with Gasteiger partial charge in [-0.3, -0.25) is 19.3 Å². The van der Waals surface area contributed by atoms with E-state index in [2.05, 4.69) is 32.2 Å². The Morgan fingerprint density at radius 2 is 1.57 bits per heavy atom. The van der Waals surface area contributed by atoms with Crippen molar-refractivity contribution < 1.29 is 19.1 Å². The first-order valence-corrected chi connectivity index (χ1v) is 21.7. The summed E-state index contributed by atoms with van der Waals surface area (Å²) in [4.78, 5) is 66.5. The fourth-order valence-electron chi connectivity index (χ4n) is 9.92. The molecule has 5 aromatic rings. The summed E-state index contributed by atoms with van der Waals surface area (Å²) in [5.41, 5.74) is 4.62. The van der Waals surface area contributed by atoms with Crippen molar-refractivity contribution in [3.63, 3.8) is 0 Å². The van der Waals surface area contributed by atoms with E-state index in [0.717, 1.165) is 95.9 Å². The largest absolute Gasteiger partial charge is 0.442 e. The number of para-hydroxylation sites is 1. The number of rotatable bonds is 10. The minimum absolute atomic E-state index is 0.00372. The Kier molecular flexibility index (Phi) is 11.2. The van der Waals surface area contributed by atoms with Gasteiger partial charge in [0.15, 0.2) is 6.73 Å². The number of carbonyl (C=O) groups excluding carboxylic acids is 3. The van der Waals surface area contributed by atoms with Gasteiger partial charge in [-0.15, -0.1) is 0 Å².